The lowest BCUT2D eigenvalue weighted by Gasteiger charge is -2.07. The van der Waals surface area contributed by atoms with E-state index in [1.54, 1.807) is 0 Å². The van der Waals surface area contributed by atoms with E-state index in [-0.39, 0.29) is 22.1 Å². The molecule has 0 aliphatic heterocycles. The lowest BCUT2D eigenvalue weighted by atomic mass is 10.1. The average molecular weight is 320 g/mol. The number of hydrogen-bond acceptors (Lipinski definition) is 2. The maximum atomic E-state index is 14.0. The Hall–Kier alpha value is -2.31. The first-order valence-electron chi connectivity index (χ1n) is 6.79. The van der Waals surface area contributed by atoms with E-state index in [1.165, 1.54) is 26.6 Å². The standard InChI is InChI=1S/C14H7F5O2.CH4/c1-20-9-5-3-7-6-2-4-8(14(17,18)19)10(15)12(6)21-13(7)11(9)16;/h2-5H,1H3;1H4/i;1T. The van der Waals surface area contributed by atoms with Gasteiger partial charge in [0.05, 0.1) is 12.7 Å². The molecule has 0 fully saturated rings. The molecule has 0 saturated heterocycles. The monoisotopic (exact) mass is 320 g/mol. The second kappa shape index (κ2) is 5.15. The van der Waals surface area contributed by atoms with E-state index in [4.69, 9.17) is 10.5 Å². The molecular formula is C15H11F5O2. The fraction of sp³-hybridized carbons (Fsp3) is 0.200. The second-order valence-corrected chi connectivity index (χ2v) is 4.36. The largest absolute Gasteiger partial charge is 0.494 e. The zero-order valence-corrected chi connectivity index (χ0v) is 11.5. The number of rotatable bonds is 1. The van der Waals surface area contributed by atoms with Crippen LogP contribution in [0.15, 0.2) is 28.7 Å². The van der Waals surface area contributed by atoms with Gasteiger partial charge in [-0.15, -0.1) is 0 Å². The molecule has 0 aliphatic carbocycles. The molecule has 0 amide bonds. The molecule has 2 nitrogen and oxygen atoms in total. The highest BCUT2D eigenvalue weighted by Crippen LogP contribution is 2.39. The van der Waals surface area contributed by atoms with Crippen molar-refractivity contribution in [2.75, 3.05) is 7.11 Å². The molecule has 3 aromatic rings. The van der Waals surface area contributed by atoms with Gasteiger partial charge in [0.15, 0.2) is 22.7 Å². The van der Waals surface area contributed by atoms with Gasteiger partial charge in [0.1, 0.15) is 0 Å². The number of alkyl halides is 3. The molecule has 0 spiro atoms. The van der Waals surface area contributed by atoms with Crippen molar-refractivity contribution in [1.82, 2.24) is 0 Å². The van der Waals surface area contributed by atoms with Crippen LogP contribution in [0.1, 0.15) is 14.3 Å². The van der Waals surface area contributed by atoms with Crippen molar-refractivity contribution in [3.05, 3.63) is 41.5 Å². The SMILES string of the molecule is COc1ccc2c(oc3c(F)c(C(F)(F)F)ccc32)c1F.[3H]C. The van der Waals surface area contributed by atoms with Crippen LogP contribution in [0.3, 0.4) is 0 Å². The molecule has 0 atom stereocenters. The molecule has 118 valence electrons. The number of furan rings is 1. The summed E-state index contributed by atoms with van der Waals surface area (Å²) in [7, 11) is 2.48. The Labute approximate surface area is 123 Å². The topological polar surface area (TPSA) is 22.4 Å². The highest BCUT2D eigenvalue weighted by molar-refractivity contribution is 6.05. The molecule has 1 aromatic heterocycles. The smallest absolute Gasteiger partial charge is 0.419 e. The molecular weight excluding hydrogens is 307 g/mol. The number of methoxy groups -OCH3 is 1. The minimum absolute atomic E-state index is 0.0667. The minimum Gasteiger partial charge on any atom is -0.494 e. The van der Waals surface area contributed by atoms with Gasteiger partial charge in [0, 0.05) is 12.1 Å². The molecule has 0 radical (unpaired) electrons. The predicted octanol–water partition coefficient (Wildman–Crippen LogP) is 5.53. The average Bonchev–Trinajstić information content (AvgIpc) is 2.89. The van der Waals surface area contributed by atoms with E-state index in [0.29, 0.717) is 6.07 Å². The van der Waals surface area contributed by atoms with E-state index in [2.05, 4.69) is 0 Å². The highest BCUT2D eigenvalue weighted by Gasteiger charge is 2.36. The van der Waals surface area contributed by atoms with Crippen molar-refractivity contribution in [3.8, 4) is 5.75 Å². The summed E-state index contributed by atoms with van der Waals surface area (Å²) in [4.78, 5) is 0. The van der Waals surface area contributed by atoms with E-state index >= 15 is 0 Å². The van der Waals surface area contributed by atoms with Crippen LogP contribution in [0, 0.1) is 11.6 Å². The fourth-order valence-electron chi connectivity index (χ4n) is 2.20. The molecule has 0 unspecified atom stereocenters. The van der Waals surface area contributed by atoms with Crippen molar-refractivity contribution in [2.45, 2.75) is 13.6 Å². The summed E-state index contributed by atoms with van der Waals surface area (Å²) < 4.78 is 81.4. The zero-order valence-electron chi connectivity index (χ0n) is 12.5. The molecule has 3 rings (SSSR count). The van der Waals surface area contributed by atoms with Gasteiger partial charge < -0.3 is 9.15 Å². The van der Waals surface area contributed by atoms with E-state index in [0.717, 1.165) is 6.07 Å². The van der Waals surface area contributed by atoms with Crippen molar-refractivity contribution in [3.63, 3.8) is 0 Å². The van der Waals surface area contributed by atoms with Crippen LogP contribution in [-0.4, -0.2) is 7.11 Å². The quantitative estimate of drug-likeness (QED) is 0.550. The highest BCUT2D eigenvalue weighted by atomic mass is 19.4. The maximum absolute atomic E-state index is 14.0. The summed E-state index contributed by atoms with van der Waals surface area (Å²) in [6.45, 7) is 0. The van der Waals surface area contributed by atoms with Crippen LogP contribution in [-0.2, 0) is 6.18 Å². The summed E-state index contributed by atoms with van der Waals surface area (Å²) in [6.07, 6.45) is -4.85. The van der Waals surface area contributed by atoms with Gasteiger partial charge >= 0.3 is 6.18 Å². The molecule has 0 bridgehead atoms. The summed E-state index contributed by atoms with van der Waals surface area (Å²) in [6, 6.07) is 4.35. The summed E-state index contributed by atoms with van der Waals surface area (Å²) in [5.41, 5.74) is -2.43. The third kappa shape index (κ3) is 2.17. The van der Waals surface area contributed by atoms with E-state index < -0.39 is 29.0 Å². The van der Waals surface area contributed by atoms with Gasteiger partial charge in [-0.25, -0.2) is 4.39 Å². The first kappa shape index (κ1) is 14.6. The Balaban J connectivity index is 0.000000924. The molecule has 7 heteroatoms. The first-order valence-corrected chi connectivity index (χ1v) is 5.79. The normalized spacial score (nSPS) is 12.0. The summed E-state index contributed by atoms with van der Waals surface area (Å²) >= 11 is 0. The third-order valence-corrected chi connectivity index (χ3v) is 3.18. The second-order valence-electron chi connectivity index (χ2n) is 4.36. The number of ether oxygens (including phenoxy) is 1. The minimum atomic E-state index is -4.85. The van der Waals surface area contributed by atoms with Crippen LogP contribution in [0.25, 0.3) is 21.9 Å². The molecule has 1 heterocycles. The molecule has 2 aromatic carbocycles. The van der Waals surface area contributed by atoms with Crippen LogP contribution in [0.4, 0.5) is 22.0 Å². The van der Waals surface area contributed by atoms with Gasteiger partial charge in [-0.2, -0.15) is 17.6 Å². The molecule has 0 aliphatic rings. The predicted molar refractivity (Wildman–Crippen MR) is 71.9 cm³/mol. The number of fused-ring (bicyclic) bond motifs is 3. The summed E-state index contributed by atoms with van der Waals surface area (Å²) in [5, 5.41) is 0.243. The van der Waals surface area contributed by atoms with Crippen LogP contribution >= 0.6 is 0 Å². The number of benzene rings is 2. The van der Waals surface area contributed by atoms with Crippen LogP contribution < -0.4 is 4.74 Å². The maximum Gasteiger partial charge on any atom is 0.419 e. The Kier molecular flexibility index (Phi) is 3.42. The lowest BCUT2D eigenvalue weighted by molar-refractivity contribution is -0.139. The number of halogens is 5. The third-order valence-electron chi connectivity index (χ3n) is 3.18. The van der Waals surface area contributed by atoms with Gasteiger partial charge in [0.2, 0.25) is 5.82 Å². The fourth-order valence-corrected chi connectivity index (χ4v) is 2.20. The van der Waals surface area contributed by atoms with Gasteiger partial charge in [-0.05, 0) is 24.3 Å². The molecule has 0 N–H and O–H groups in total. The Bertz CT molecular complexity index is 855. The Morgan fingerprint density at radius 1 is 1.00 bits per heavy atom. The van der Waals surface area contributed by atoms with Crippen LogP contribution in [0.2, 0.25) is 0 Å². The Morgan fingerprint density at radius 2 is 1.55 bits per heavy atom. The van der Waals surface area contributed by atoms with Gasteiger partial charge in [0.25, 0.3) is 0 Å². The van der Waals surface area contributed by atoms with Crippen molar-refractivity contribution in [1.29, 1.82) is 0 Å². The van der Waals surface area contributed by atoms with Gasteiger partial charge in [-0.3, -0.25) is 0 Å². The van der Waals surface area contributed by atoms with Crippen molar-refractivity contribution < 1.29 is 32.5 Å². The lowest BCUT2D eigenvalue weighted by Crippen LogP contribution is -2.07. The molecule has 0 saturated carbocycles. The zero-order chi connectivity index (χ0) is 17.4. The van der Waals surface area contributed by atoms with Crippen molar-refractivity contribution in [2.24, 2.45) is 0 Å². The Morgan fingerprint density at radius 3 is 2.09 bits per heavy atom. The summed E-state index contributed by atoms with van der Waals surface area (Å²) in [5.74, 6) is -2.59. The van der Waals surface area contributed by atoms with Crippen LogP contribution in [0.5, 0.6) is 5.75 Å². The van der Waals surface area contributed by atoms with Gasteiger partial charge in [-0.1, -0.05) is 7.40 Å². The van der Waals surface area contributed by atoms with E-state index in [9.17, 15) is 22.0 Å². The molecule has 22 heavy (non-hydrogen) atoms. The van der Waals surface area contributed by atoms with Crippen molar-refractivity contribution >= 4 is 21.9 Å². The first-order chi connectivity index (χ1) is 10.8. The van der Waals surface area contributed by atoms with E-state index in [1.807, 2.05) is 0 Å². The number of hydrogen-bond donors (Lipinski definition) is 0.